The number of thiol groups is 1. The summed E-state index contributed by atoms with van der Waals surface area (Å²) in [7, 11) is 0. The van der Waals surface area contributed by atoms with E-state index in [9.17, 15) is 0 Å². The van der Waals surface area contributed by atoms with Gasteiger partial charge in [-0.1, -0.05) is 6.92 Å². The Bertz CT molecular complexity index is 307. The average Bonchev–Trinajstić information content (AvgIpc) is 2.25. The molecule has 1 rings (SSSR count). The first-order chi connectivity index (χ1) is 7.29. The Morgan fingerprint density at radius 2 is 2.27 bits per heavy atom. The third-order valence-corrected chi connectivity index (χ3v) is 2.03. The number of rotatable bonds is 6. The van der Waals surface area contributed by atoms with Crippen LogP contribution in [0.25, 0.3) is 0 Å². The summed E-state index contributed by atoms with van der Waals surface area (Å²) in [5.41, 5.74) is 7.22. The van der Waals surface area contributed by atoms with Crippen molar-refractivity contribution >= 4 is 18.3 Å². The van der Waals surface area contributed by atoms with Crippen LogP contribution in [0.5, 0.6) is 5.75 Å². The summed E-state index contributed by atoms with van der Waals surface area (Å²) in [6, 6.07) is 0. The Labute approximate surface area is 95.2 Å². The van der Waals surface area contributed by atoms with Crippen LogP contribution in [0.3, 0.4) is 0 Å². The zero-order valence-corrected chi connectivity index (χ0v) is 9.67. The van der Waals surface area contributed by atoms with Gasteiger partial charge in [-0.05, 0) is 6.42 Å². The van der Waals surface area contributed by atoms with Crippen LogP contribution in [0.4, 0.5) is 5.69 Å². The Kier molecular flexibility index (Phi) is 5.28. The molecule has 0 bridgehead atoms. The predicted molar refractivity (Wildman–Crippen MR) is 63.1 cm³/mol. The molecule has 0 aliphatic heterocycles. The van der Waals surface area contributed by atoms with E-state index in [1.54, 1.807) is 12.4 Å². The lowest BCUT2D eigenvalue weighted by Gasteiger charge is -2.12. The second-order valence-corrected chi connectivity index (χ2v) is 3.29. The van der Waals surface area contributed by atoms with Crippen LogP contribution in [0.2, 0.25) is 0 Å². The molecule has 0 amide bonds. The minimum absolute atomic E-state index is 0.356. The van der Waals surface area contributed by atoms with Gasteiger partial charge in [0.25, 0.3) is 0 Å². The van der Waals surface area contributed by atoms with Crippen molar-refractivity contribution in [2.24, 2.45) is 0 Å². The van der Waals surface area contributed by atoms with Gasteiger partial charge in [0.1, 0.15) is 5.75 Å². The number of pyridine rings is 1. The van der Waals surface area contributed by atoms with Gasteiger partial charge in [-0.3, -0.25) is 4.98 Å². The second-order valence-electron chi connectivity index (χ2n) is 3.03. The Morgan fingerprint density at radius 1 is 1.47 bits per heavy atom. The van der Waals surface area contributed by atoms with E-state index in [0.29, 0.717) is 30.6 Å². The van der Waals surface area contributed by atoms with Crippen LogP contribution in [0, 0.1) is 0 Å². The normalized spacial score (nSPS) is 10.3. The zero-order valence-electron chi connectivity index (χ0n) is 8.77. The van der Waals surface area contributed by atoms with E-state index in [1.807, 2.05) is 6.92 Å². The van der Waals surface area contributed by atoms with E-state index < -0.39 is 0 Å². The molecule has 0 radical (unpaired) electrons. The van der Waals surface area contributed by atoms with Gasteiger partial charge in [-0.25, -0.2) is 0 Å². The molecule has 1 heterocycles. The van der Waals surface area contributed by atoms with Gasteiger partial charge < -0.3 is 15.2 Å². The first kappa shape index (κ1) is 12.1. The SMILES string of the molecule is CCCOc1cncc(N)c1COCS. The lowest BCUT2D eigenvalue weighted by Crippen LogP contribution is -2.04. The Hall–Kier alpha value is -0.940. The van der Waals surface area contributed by atoms with E-state index in [2.05, 4.69) is 17.6 Å². The lowest BCUT2D eigenvalue weighted by molar-refractivity contribution is 0.166. The smallest absolute Gasteiger partial charge is 0.145 e. The molecule has 0 aliphatic rings. The molecular weight excluding hydrogens is 212 g/mol. The molecule has 1 aromatic rings. The van der Waals surface area contributed by atoms with Gasteiger partial charge in [0.15, 0.2) is 0 Å². The number of nitrogens with two attached hydrogens (primary N) is 1. The summed E-state index contributed by atoms with van der Waals surface area (Å²) >= 11 is 3.97. The van der Waals surface area contributed by atoms with Crippen molar-refractivity contribution in [3.8, 4) is 5.75 Å². The third kappa shape index (κ3) is 3.60. The molecule has 0 aliphatic carbocycles. The monoisotopic (exact) mass is 228 g/mol. The fraction of sp³-hybridized carbons (Fsp3) is 0.500. The quantitative estimate of drug-likeness (QED) is 0.576. The van der Waals surface area contributed by atoms with Crippen molar-refractivity contribution in [1.82, 2.24) is 4.98 Å². The fourth-order valence-corrected chi connectivity index (χ4v) is 1.21. The van der Waals surface area contributed by atoms with Crippen molar-refractivity contribution in [2.75, 3.05) is 18.3 Å². The number of hydrogen-bond acceptors (Lipinski definition) is 5. The third-order valence-electron chi connectivity index (χ3n) is 1.85. The van der Waals surface area contributed by atoms with Gasteiger partial charge >= 0.3 is 0 Å². The van der Waals surface area contributed by atoms with Gasteiger partial charge in [0.2, 0.25) is 0 Å². The summed E-state index contributed by atoms with van der Waals surface area (Å²) in [6.45, 7) is 3.10. The Morgan fingerprint density at radius 3 is 2.93 bits per heavy atom. The highest BCUT2D eigenvalue weighted by molar-refractivity contribution is 7.80. The van der Waals surface area contributed by atoms with Gasteiger partial charge in [0.05, 0.1) is 37.2 Å². The molecule has 84 valence electrons. The number of nitrogens with zero attached hydrogens (tertiary/aromatic N) is 1. The lowest BCUT2D eigenvalue weighted by atomic mass is 10.2. The highest BCUT2D eigenvalue weighted by Gasteiger charge is 2.07. The molecule has 0 aromatic carbocycles. The van der Waals surface area contributed by atoms with Gasteiger partial charge in [-0.15, -0.1) is 0 Å². The molecule has 0 atom stereocenters. The molecular formula is C10H16N2O2S. The van der Waals surface area contributed by atoms with Crippen LogP contribution >= 0.6 is 12.6 Å². The average molecular weight is 228 g/mol. The van der Waals surface area contributed by atoms with Crippen LogP contribution < -0.4 is 10.5 Å². The molecule has 0 saturated heterocycles. The van der Waals surface area contributed by atoms with E-state index >= 15 is 0 Å². The number of nitrogen functional groups attached to an aromatic ring is 1. The standard InChI is InChI=1S/C10H16N2O2S/c1-2-3-14-10-5-12-4-9(11)8(10)6-13-7-15/h4-5,15H,2-3,6-7,11H2,1H3. The van der Waals surface area contributed by atoms with Crippen molar-refractivity contribution in [3.05, 3.63) is 18.0 Å². The molecule has 0 spiro atoms. The first-order valence-corrected chi connectivity index (χ1v) is 5.46. The largest absolute Gasteiger partial charge is 0.492 e. The van der Waals surface area contributed by atoms with E-state index in [0.717, 1.165) is 12.0 Å². The highest BCUT2D eigenvalue weighted by atomic mass is 32.1. The van der Waals surface area contributed by atoms with E-state index in [-0.39, 0.29) is 0 Å². The molecule has 0 fully saturated rings. The minimum Gasteiger partial charge on any atom is -0.492 e. The summed E-state index contributed by atoms with van der Waals surface area (Å²) in [6.07, 6.45) is 4.20. The number of anilines is 1. The summed E-state index contributed by atoms with van der Waals surface area (Å²) < 4.78 is 10.7. The van der Waals surface area contributed by atoms with Crippen LogP contribution in [-0.4, -0.2) is 17.5 Å². The summed E-state index contributed by atoms with van der Waals surface area (Å²) in [5.74, 6) is 1.05. The molecule has 2 N–H and O–H groups in total. The number of ether oxygens (including phenoxy) is 2. The van der Waals surface area contributed by atoms with Crippen LogP contribution in [0.15, 0.2) is 12.4 Å². The predicted octanol–water partition coefficient (Wildman–Crippen LogP) is 1.86. The first-order valence-electron chi connectivity index (χ1n) is 4.83. The number of aromatic nitrogens is 1. The molecule has 0 saturated carbocycles. The molecule has 0 unspecified atom stereocenters. The van der Waals surface area contributed by atoms with Crippen molar-refractivity contribution in [2.45, 2.75) is 20.0 Å². The minimum atomic E-state index is 0.356. The molecule has 15 heavy (non-hydrogen) atoms. The second kappa shape index (κ2) is 6.53. The van der Waals surface area contributed by atoms with Crippen molar-refractivity contribution in [3.63, 3.8) is 0 Å². The van der Waals surface area contributed by atoms with Crippen LogP contribution in [-0.2, 0) is 11.3 Å². The van der Waals surface area contributed by atoms with Crippen molar-refractivity contribution in [1.29, 1.82) is 0 Å². The Balaban J connectivity index is 2.77. The van der Waals surface area contributed by atoms with Gasteiger partial charge in [-0.2, -0.15) is 12.6 Å². The van der Waals surface area contributed by atoms with Crippen molar-refractivity contribution < 1.29 is 9.47 Å². The maximum atomic E-state index is 5.79. The highest BCUT2D eigenvalue weighted by Crippen LogP contribution is 2.23. The van der Waals surface area contributed by atoms with E-state index in [1.165, 1.54) is 0 Å². The maximum absolute atomic E-state index is 5.79. The van der Waals surface area contributed by atoms with Gasteiger partial charge in [0, 0.05) is 5.56 Å². The summed E-state index contributed by atoms with van der Waals surface area (Å²) in [5, 5.41) is 0. The fourth-order valence-electron chi connectivity index (χ4n) is 1.12. The topological polar surface area (TPSA) is 57.4 Å². The maximum Gasteiger partial charge on any atom is 0.145 e. The molecule has 4 nitrogen and oxygen atoms in total. The summed E-state index contributed by atoms with van der Waals surface area (Å²) in [4.78, 5) is 3.98. The van der Waals surface area contributed by atoms with Crippen LogP contribution in [0.1, 0.15) is 18.9 Å². The zero-order chi connectivity index (χ0) is 11.1. The van der Waals surface area contributed by atoms with E-state index in [4.69, 9.17) is 15.2 Å². The number of hydrogen-bond donors (Lipinski definition) is 2. The molecule has 1 aromatic heterocycles. The molecule has 5 heteroatoms.